The molecule has 1 aromatic rings. The van der Waals surface area contributed by atoms with Gasteiger partial charge in [-0.15, -0.1) is 0 Å². The SMILES string of the molecule is CCCNC(=O)C(C)NC(=O)COc1ccccc1Cl. The third kappa shape index (κ3) is 5.48. The zero-order chi connectivity index (χ0) is 15.0. The fraction of sp³-hybridized carbons (Fsp3) is 0.429. The Morgan fingerprint density at radius 1 is 1.35 bits per heavy atom. The molecule has 6 heteroatoms. The summed E-state index contributed by atoms with van der Waals surface area (Å²) in [6, 6.07) is 6.29. The Hall–Kier alpha value is -1.75. The van der Waals surface area contributed by atoms with Crippen molar-refractivity contribution < 1.29 is 14.3 Å². The molecule has 2 N–H and O–H groups in total. The highest BCUT2D eigenvalue weighted by Gasteiger charge is 2.15. The summed E-state index contributed by atoms with van der Waals surface area (Å²) >= 11 is 5.90. The molecule has 0 radical (unpaired) electrons. The number of halogens is 1. The fourth-order valence-electron chi connectivity index (χ4n) is 1.46. The van der Waals surface area contributed by atoms with Gasteiger partial charge in [0.15, 0.2) is 6.61 Å². The van der Waals surface area contributed by atoms with Crippen molar-refractivity contribution in [2.75, 3.05) is 13.2 Å². The summed E-state index contributed by atoms with van der Waals surface area (Å²) in [5.41, 5.74) is 0. The summed E-state index contributed by atoms with van der Waals surface area (Å²) in [5.74, 6) is -0.144. The van der Waals surface area contributed by atoms with Crippen molar-refractivity contribution in [2.24, 2.45) is 0 Å². The van der Waals surface area contributed by atoms with Crippen LogP contribution in [-0.4, -0.2) is 31.0 Å². The van der Waals surface area contributed by atoms with Gasteiger partial charge in [0.1, 0.15) is 11.8 Å². The molecular formula is C14H19ClN2O3. The molecule has 0 aliphatic carbocycles. The van der Waals surface area contributed by atoms with Gasteiger partial charge in [-0.25, -0.2) is 0 Å². The average Bonchev–Trinajstić information content (AvgIpc) is 2.43. The van der Waals surface area contributed by atoms with Crippen LogP contribution in [0.3, 0.4) is 0 Å². The first-order valence-electron chi connectivity index (χ1n) is 6.49. The zero-order valence-electron chi connectivity index (χ0n) is 11.6. The molecule has 0 fully saturated rings. The Kier molecular flexibility index (Phi) is 6.87. The summed E-state index contributed by atoms with van der Waals surface area (Å²) in [6.45, 7) is 3.99. The van der Waals surface area contributed by atoms with E-state index in [9.17, 15) is 9.59 Å². The van der Waals surface area contributed by atoms with E-state index in [1.807, 2.05) is 6.92 Å². The summed E-state index contributed by atoms with van der Waals surface area (Å²) in [5, 5.41) is 5.70. The largest absolute Gasteiger partial charge is 0.482 e. The Morgan fingerprint density at radius 2 is 2.05 bits per heavy atom. The Bertz CT molecular complexity index is 465. The van der Waals surface area contributed by atoms with Gasteiger partial charge in [-0.05, 0) is 25.5 Å². The topological polar surface area (TPSA) is 67.4 Å². The van der Waals surface area contributed by atoms with Crippen LogP contribution < -0.4 is 15.4 Å². The van der Waals surface area contributed by atoms with E-state index in [0.29, 0.717) is 17.3 Å². The highest BCUT2D eigenvalue weighted by Crippen LogP contribution is 2.22. The molecule has 5 nitrogen and oxygen atoms in total. The molecule has 1 aromatic carbocycles. The third-order valence-electron chi connectivity index (χ3n) is 2.52. The molecule has 20 heavy (non-hydrogen) atoms. The molecule has 0 saturated heterocycles. The first-order valence-corrected chi connectivity index (χ1v) is 6.86. The number of carbonyl (C=O) groups excluding carboxylic acids is 2. The summed E-state index contributed by atoms with van der Waals surface area (Å²) < 4.78 is 5.28. The third-order valence-corrected chi connectivity index (χ3v) is 2.83. The van der Waals surface area contributed by atoms with Crippen LogP contribution in [0.1, 0.15) is 20.3 Å². The van der Waals surface area contributed by atoms with E-state index in [4.69, 9.17) is 16.3 Å². The number of hydrogen-bond acceptors (Lipinski definition) is 3. The van der Waals surface area contributed by atoms with E-state index in [1.165, 1.54) is 0 Å². The molecule has 0 aliphatic heterocycles. The molecule has 0 aromatic heterocycles. The number of ether oxygens (including phenoxy) is 1. The summed E-state index contributed by atoms with van der Waals surface area (Å²) in [6.07, 6.45) is 0.849. The molecule has 1 unspecified atom stereocenters. The van der Waals surface area contributed by atoms with Crippen LogP contribution in [0.5, 0.6) is 5.75 Å². The van der Waals surface area contributed by atoms with E-state index in [0.717, 1.165) is 6.42 Å². The van der Waals surface area contributed by atoms with Gasteiger partial charge >= 0.3 is 0 Å². The van der Waals surface area contributed by atoms with Crippen LogP contribution in [0.15, 0.2) is 24.3 Å². The van der Waals surface area contributed by atoms with Crippen molar-refractivity contribution in [1.29, 1.82) is 0 Å². The lowest BCUT2D eigenvalue weighted by atomic mass is 10.3. The van der Waals surface area contributed by atoms with E-state index in [1.54, 1.807) is 31.2 Å². The number of nitrogens with one attached hydrogen (secondary N) is 2. The molecule has 1 atom stereocenters. The maximum atomic E-state index is 11.7. The lowest BCUT2D eigenvalue weighted by Gasteiger charge is -2.14. The van der Waals surface area contributed by atoms with Crippen molar-refractivity contribution in [3.05, 3.63) is 29.3 Å². The molecule has 1 rings (SSSR count). The van der Waals surface area contributed by atoms with Gasteiger partial charge in [0, 0.05) is 6.54 Å². The number of para-hydroxylation sites is 1. The van der Waals surface area contributed by atoms with Crippen LogP contribution >= 0.6 is 11.6 Å². The normalized spacial score (nSPS) is 11.6. The smallest absolute Gasteiger partial charge is 0.258 e. The Balaban J connectivity index is 2.37. The minimum Gasteiger partial charge on any atom is -0.482 e. The van der Waals surface area contributed by atoms with Crippen LogP contribution in [0, 0.1) is 0 Å². The lowest BCUT2D eigenvalue weighted by Crippen LogP contribution is -2.46. The van der Waals surface area contributed by atoms with Gasteiger partial charge in [0.05, 0.1) is 5.02 Å². The van der Waals surface area contributed by atoms with Gasteiger partial charge in [0.2, 0.25) is 5.91 Å². The van der Waals surface area contributed by atoms with Crippen molar-refractivity contribution in [2.45, 2.75) is 26.3 Å². The van der Waals surface area contributed by atoms with Gasteiger partial charge < -0.3 is 15.4 Å². The monoisotopic (exact) mass is 298 g/mol. The Labute approximate surface area is 123 Å². The highest BCUT2D eigenvalue weighted by molar-refractivity contribution is 6.32. The first-order chi connectivity index (χ1) is 9.54. The van der Waals surface area contributed by atoms with Gasteiger partial charge in [-0.3, -0.25) is 9.59 Å². The number of amides is 2. The average molecular weight is 299 g/mol. The van der Waals surface area contributed by atoms with Crippen LogP contribution in [0.4, 0.5) is 0 Å². The van der Waals surface area contributed by atoms with E-state index >= 15 is 0 Å². The standard InChI is InChI=1S/C14H19ClN2O3/c1-3-8-16-14(19)10(2)17-13(18)9-20-12-7-5-4-6-11(12)15/h4-7,10H,3,8-9H2,1-2H3,(H,16,19)(H,17,18). The Morgan fingerprint density at radius 3 is 2.70 bits per heavy atom. The van der Waals surface area contributed by atoms with E-state index < -0.39 is 6.04 Å². The predicted octanol–water partition coefficient (Wildman–Crippen LogP) is 1.75. The minimum absolute atomic E-state index is 0.185. The van der Waals surface area contributed by atoms with Crippen LogP contribution in [0.2, 0.25) is 5.02 Å². The number of benzene rings is 1. The highest BCUT2D eigenvalue weighted by atomic mass is 35.5. The minimum atomic E-state index is -0.594. The first kappa shape index (κ1) is 16.3. The van der Waals surface area contributed by atoms with Gasteiger partial charge in [0.25, 0.3) is 5.91 Å². The van der Waals surface area contributed by atoms with Gasteiger partial charge in [-0.1, -0.05) is 30.7 Å². The van der Waals surface area contributed by atoms with Crippen molar-refractivity contribution >= 4 is 23.4 Å². The number of rotatable bonds is 7. The number of carbonyl (C=O) groups is 2. The molecule has 0 heterocycles. The lowest BCUT2D eigenvalue weighted by molar-refractivity contribution is -0.129. The van der Waals surface area contributed by atoms with Crippen LogP contribution in [0.25, 0.3) is 0 Å². The quantitative estimate of drug-likeness (QED) is 0.806. The predicted molar refractivity (Wildman–Crippen MR) is 77.9 cm³/mol. The van der Waals surface area contributed by atoms with Gasteiger partial charge in [-0.2, -0.15) is 0 Å². The summed E-state index contributed by atoms with van der Waals surface area (Å²) in [7, 11) is 0. The molecular weight excluding hydrogens is 280 g/mol. The van der Waals surface area contributed by atoms with Crippen LogP contribution in [-0.2, 0) is 9.59 Å². The molecule has 0 saturated carbocycles. The second kappa shape index (κ2) is 8.43. The van der Waals surface area contributed by atoms with E-state index in [2.05, 4.69) is 10.6 Å². The molecule has 0 bridgehead atoms. The number of hydrogen-bond donors (Lipinski definition) is 2. The van der Waals surface area contributed by atoms with E-state index in [-0.39, 0.29) is 18.4 Å². The maximum Gasteiger partial charge on any atom is 0.258 e. The molecule has 0 aliphatic rings. The molecule has 0 spiro atoms. The van der Waals surface area contributed by atoms with Crippen molar-refractivity contribution in [3.8, 4) is 5.75 Å². The molecule has 110 valence electrons. The second-order valence-electron chi connectivity index (χ2n) is 4.30. The fourth-order valence-corrected chi connectivity index (χ4v) is 1.65. The van der Waals surface area contributed by atoms with Crippen molar-refractivity contribution in [1.82, 2.24) is 10.6 Å². The zero-order valence-corrected chi connectivity index (χ0v) is 12.4. The molecule has 2 amide bonds. The maximum absolute atomic E-state index is 11.7. The summed E-state index contributed by atoms with van der Waals surface area (Å²) in [4.78, 5) is 23.2. The van der Waals surface area contributed by atoms with Crippen molar-refractivity contribution in [3.63, 3.8) is 0 Å². The second-order valence-corrected chi connectivity index (χ2v) is 4.71.